The third-order valence-electron chi connectivity index (χ3n) is 3.50. The van der Waals surface area contributed by atoms with Crippen molar-refractivity contribution in [2.75, 3.05) is 0 Å². The summed E-state index contributed by atoms with van der Waals surface area (Å²) in [5.41, 5.74) is 5.41. The maximum absolute atomic E-state index is 12.3. The molecule has 104 valence electrons. The van der Waals surface area contributed by atoms with Crippen LogP contribution in [0.2, 0.25) is 0 Å². The fraction of sp³-hybridized carbons (Fsp3) is 0.545. The maximum atomic E-state index is 12.3. The van der Waals surface area contributed by atoms with Crippen LogP contribution in [0.5, 0.6) is 0 Å². The molecule has 0 aliphatic heterocycles. The number of nitrogens with two attached hydrogens (primary N) is 1. The molecule has 0 bridgehead atoms. The number of carbonyl (C=O) groups is 1. The Hall–Kier alpha value is -1.83. The van der Waals surface area contributed by atoms with Gasteiger partial charge in [0.1, 0.15) is 5.41 Å². The van der Waals surface area contributed by atoms with Crippen molar-refractivity contribution in [2.24, 2.45) is 16.3 Å². The fourth-order valence-corrected chi connectivity index (χ4v) is 3.00. The van der Waals surface area contributed by atoms with E-state index in [-0.39, 0.29) is 23.2 Å². The third-order valence-corrected chi connectivity index (χ3v) is 4.22. The van der Waals surface area contributed by atoms with E-state index in [0.29, 0.717) is 18.5 Å². The van der Waals surface area contributed by atoms with E-state index in [1.807, 2.05) is 0 Å². The molecule has 1 saturated carbocycles. The van der Waals surface area contributed by atoms with Gasteiger partial charge < -0.3 is 21.2 Å². The van der Waals surface area contributed by atoms with E-state index in [2.05, 4.69) is 15.5 Å². The van der Waals surface area contributed by atoms with Gasteiger partial charge in [0.05, 0.1) is 6.54 Å². The molecule has 2 rings (SSSR count). The number of thiazole rings is 1. The Bertz CT molecular complexity index is 542. The molecule has 5 N–H and O–H groups in total. The second-order valence-electron chi connectivity index (χ2n) is 4.63. The molecule has 1 aliphatic rings. The Morgan fingerprint density at radius 3 is 2.79 bits per heavy atom. The minimum absolute atomic E-state index is 0.0405. The van der Waals surface area contributed by atoms with Gasteiger partial charge in [-0.25, -0.2) is 0 Å². The van der Waals surface area contributed by atoms with Gasteiger partial charge in [0.2, 0.25) is 5.91 Å². The number of nitrogens with one attached hydrogen (secondary N) is 2. The molecule has 1 amide bonds. The van der Waals surface area contributed by atoms with Crippen molar-refractivity contribution in [1.29, 1.82) is 0 Å². The zero-order valence-electron chi connectivity index (χ0n) is 10.3. The van der Waals surface area contributed by atoms with Gasteiger partial charge in [0, 0.05) is 11.1 Å². The maximum Gasteiger partial charge on any atom is 0.304 e. The van der Waals surface area contributed by atoms with Crippen LogP contribution in [0.3, 0.4) is 0 Å². The van der Waals surface area contributed by atoms with Crippen LogP contribution in [0, 0.1) is 5.41 Å². The molecular formula is C11H16N4O3S. The Balaban J connectivity index is 2.06. The summed E-state index contributed by atoms with van der Waals surface area (Å²) in [7, 11) is 0. The molecule has 1 aliphatic carbocycles. The summed E-state index contributed by atoms with van der Waals surface area (Å²) in [4.78, 5) is 25.7. The first-order valence-electron chi connectivity index (χ1n) is 6.01. The zero-order chi connectivity index (χ0) is 13.9. The van der Waals surface area contributed by atoms with E-state index in [1.165, 1.54) is 0 Å². The predicted octanol–water partition coefficient (Wildman–Crippen LogP) is 0.359. The normalized spacial score (nSPS) is 18.4. The topological polar surface area (TPSA) is 121 Å². The van der Waals surface area contributed by atoms with Crippen molar-refractivity contribution in [2.45, 2.75) is 32.2 Å². The Kier molecular flexibility index (Phi) is 3.89. The van der Waals surface area contributed by atoms with Crippen LogP contribution in [0.4, 0.5) is 0 Å². The Morgan fingerprint density at radius 2 is 2.26 bits per heavy atom. The van der Waals surface area contributed by atoms with Gasteiger partial charge in [-0.3, -0.25) is 9.59 Å². The molecule has 0 aromatic carbocycles. The molecule has 0 atom stereocenters. The number of hydrogen-bond acceptors (Lipinski definition) is 5. The van der Waals surface area contributed by atoms with Gasteiger partial charge in [0.15, 0.2) is 5.84 Å². The van der Waals surface area contributed by atoms with Gasteiger partial charge in [-0.1, -0.05) is 29.3 Å². The minimum Gasteiger partial charge on any atom is -0.409 e. The van der Waals surface area contributed by atoms with Crippen LogP contribution in [-0.2, 0) is 11.3 Å². The standard InChI is InChI=1S/C11H16N4O3S/c12-8(15-18)11(3-1-2-4-11)9(16)13-5-7-6-19-10(17)14-7/h6,18H,1-5H2,(H2,12,15)(H,13,16)(H,14,17). The smallest absolute Gasteiger partial charge is 0.304 e. The quantitative estimate of drug-likeness (QED) is 0.276. The summed E-state index contributed by atoms with van der Waals surface area (Å²) in [5.74, 6) is -0.298. The summed E-state index contributed by atoms with van der Waals surface area (Å²) in [5, 5.41) is 16.2. The largest absolute Gasteiger partial charge is 0.409 e. The Labute approximate surface area is 113 Å². The second kappa shape index (κ2) is 5.43. The van der Waals surface area contributed by atoms with Crippen LogP contribution in [-0.4, -0.2) is 21.9 Å². The van der Waals surface area contributed by atoms with Crippen molar-refractivity contribution in [3.63, 3.8) is 0 Å². The number of aromatic amines is 1. The molecule has 1 heterocycles. The molecule has 0 radical (unpaired) electrons. The number of nitrogens with zero attached hydrogens (tertiary/aromatic N) is 1. The highest BCUT2D eigenvalue weighted by Gasteiger charge is 2.45. The highest BCUT2D eigenvalue weighted by Crippen LogP contribution is 2.38. The summed E-state index contributed by atoms with van der Waals surface area (Å²) in [6.45, 7) is 0.234. The lowest BCUT2D eigenvalue weighted by Gasteiger charge is -2.25. The second-order valence-corrected chi connectivity index (χ2v) is 5.47. The summed E-state index contributed by atoms with van der Waals surface area (Å²) >= 11 is 1.05. The number of carbonyl (C=O) groups excluding carboxylic acids is 1. The molecule has 19 heavy (non-hydrogen) atoms. The fourth-order valence-electron chi connectivity index (χ4n) is 2.42. The van der Waals surface area contributed by atoms with Gasteiger partial charge in [-0.15, -0.1) is 0 Å². The van der Waals surface area contributed by atoms with E-state index < -0.39 is 5.41 Å². The summed E-state index contributed by atoms with van der Waals surface area (Å²) < 4.78 is 0. The van der Waals surface area contributed by atoms with Gasteiger partial charge in [-0.05, 0) is 12.8 Å². The molecule has 0 spiro atoms. The number of rotatable bonds is 4. The molecule has 1 aromatic heterocycles. The average Bonchev–Trinajstić information content (AvgIpc) is 3.04. The van der Waals surface area contributed by atoms with Crippen LogP contribution in [0.15, 0.2) is 15.3 Å². The van der Waals surface area contributed by atoms with Gasteiger partial charge in [0.25, 0.3) is 0 Å². The molecule has 1 fully saturated rings. The third kappa shape index (κ3) is 2.62. The number of aromatic nitrogens is 1. The first-order valence-corrected chi connectivity index (χ1v) is 6.89. The zero-order valence-corrected chi connectivity index (χ0v) is 11.1. The highest BCUT2D eigenvalue weighted by molar-refractivity contribution is 7.07. The number of amidine groups is 1. The molecule has 0 saturated heterocycles. The minimum atomic E-state index is -0.912. The molecule has 8 heteroatoms. The van der Waals surface area contributed by atoms with Crippen molar-refractivity contribution in [3.8, 4) is 0 Å². The number of oxime groups is 1. The van der Waals surface area contributed by atoms with E-state index in [1.54, 1.807) is 5.38 Å². The van der Waals surface area contributed by atoms with E-state index in [9.17, 15) is 9.59 Å². The van der Waals surface area contributed by atoms with E-state index in [0.717, 1.165) is 24.2 Å². The van der Waals surface area contributed by atoms with Crippen LogP contribution >= 0.6 is 11.3 Å². The summed E-state index contributed by atoms with van der Waals surface area (Å²) in [6.07, 6.45) is 2.90. The monoisotopic (exact) mass is 284 g/mol. The van der Waals surface area contributed by atoms with Crippen molar-refractivity contribution in [3.05, 3.63) is 20.7 Å². The molecule has 7 nitrogen and oxygen atoms in total. The predicted molar refractivity (Wildman–Crippen MR) is 71.1 cm³/mol. The summed E-state index contributed by atoms with van der Waals surface area (Å²) in [6, 6.07) is 0. The molecule has 0 unspecified atom stereocenters. The Morgan fingerprint density at radius 1 is 1.58 bits per heavy atom. The number of H-pyrrole nitrogens is 1. The van der Waals surface area contributed by atoms with Crippen LogP contribution in [0.25, 0.3) is 0 Å². The van der Waals surface area contributed by atoms with Crippen LogP contribution < -0.4 is 15.9 Å². The SMILES string of the molecule is NC(=NO)C1(C(=O)NCc2csc(=O)[nH]2)CCCC1. The van der Waals surface area contributed by atoms with E-state index >= 15 is 0 Å². The molecule has 1 aromatic rings. The van der Waals surface area contributed by atoms with Crippen molar-refractivity contribution >= 4 is 23.1 Å². The van der Waals surface area contributed by atoms with Crippen molar-refractivity contribution in [1.82, 2.24) is 10.3 Å². The lowest BCUT2D eigenvalue weighted by atomic mass is 9.84. The average molecular weight is 284 g/mol. The van der Waals surface area contributed by atoms with Gasteiger partial charge >= 0.3 is 4.87 Å². The lowest BCUT2D eigenvalue weighted by Crippen LogP contribution is -2.48. The first kappa shape index (κ1) is 13.6. The van der Waals surface area contributed by atoms with Crippen LogP contribution in [0.1, 0.15) is 31.4 Å². The first-order chi connectivity index (χ1) is 9.08. The lowest BCUT2D eigenvalue weighted by molar-refractivity contribution is -0.127. The van der Waals surface area contributed by atoms with Crippen molar-refractivity contribution < 1.29 is 10.0 Å². The number of amides is 1. The van der Waals surface area contributed by atoms with Gasteiger partial charge in [-0.2, -0.15) is 0 Å². The number of hydrogen-bond donors (Lipinski definition) is 4. The van der Waals surface area contributed by atoms with E-state index in [4.69, 9.17) is 10.9 Å². The molecular weight excluding hydrogens is 268 g/mol. The highest BCUT2D eigenvalue weighted by atomic mass is 32.1.